The Bertz CT molecular complexity index is 1880. The van der Waals surface area contributed by atoms with Crippen LogP contribution in [-0.2, 0) is 54.0 Å². The van der Waals surface area contributed by atoms with E-state index in [4.69, 9.17) is 37.9 Å². The normalized spacial score (nSPS) is 39.6. The van der Waals surface area contributed by atoms with Crippen LogP contribution < -0.4 is 5.32 Å². The van der Waals surface area contributed by atoms with E-state index in [-0.39, 0.29) is 32.2 Å². The van der Waals surface area contributed by atoms with Crippen LogP contribution in [0.1, 0.15) is 118 Å². The van der Waals surface area contributed by atoms with Gasteiger partial charge in [-0.15, -0.1) is 0 Å². The van der Waals surface area contributed by atoms with Crippen molar-refractivity contribution in [1.82, 2.24) is 20.0 Å². The Kier molecular flexibility index (Phi) is 23.1. The van der Waals surface area contributed by atoms with E-state index in [0.29, 0.717) is 32.6 Å². The summed E-state index contributed by atoms with van der Waals surface area (Å²) in [5.74, 6) is -3.10. The average Bonchev–Trinajstić information content (AvgIpc) is 3.37. The first kappa shape index (κ1) is 62.3. The first-order valence-electron chi connectivity index (χ1n) is 26.9. The molecule has 19 nitrogen and oxygen atoms in total. The number of ether oxygens (including phenoxy) is 8. The van der Waals surface area contributed by atoms with Crippen LogP contribution in [0.15, 0.2) is 24.3 Å². The number of hydrogen-bond acceptors (Lipinski definition) is 18. The molecule has 0 bridgehead atoms. The predicted octanol–water partition coefficient (Wildman–Crippen LogP) is 3.09. The third kappa shape index (κ3) is 15.4. The van der Waals surface area contributed by atoms with Gasteiger partial charge in [-0.05, 0) is 106 Å². The van der Waals surface area contributed by atoms with Gasteiger partial charge in [-0.25, -0.2) is 4.39 Å². The van der Waals surface area contributed by atoms with Crippen molar-refractivity contribution in [3.8, 4) is 0 Å². The van der Waals surface area contributed by atoms with Gasteiger partial charge >= 0.3 is 5.97 Å². The molecule has 4 aliphatic heterocycles. The number of rotatable bonds is 17. The Morgan fingerprint density at radius 3 is 2.24 bits per heavy atom. The number of hydrogen-bond donors (Lipinski definition) is 6. The molecule has 0 saturated carbocycles. The maximum Gasteiger partial charge on any atom is 0.311 e. The van der Waals surface area contributed by atoms with Crippen LogP contribution in [0.4, 0.5) is 4.39 Å². The summed E-state index contributed by atoms with van der Waals surface area (Å²) in [6, 6.07) is 5.67. The number of nitrogens with zero attached hydrogens (tertiary/aromatic N) is 3. The van der Waals surface area contributed by atoms with Crippen LogP contribution in [0, 0.1) is 11.8 Å². The second-order valence-electron chi connectivity index (χ2n) is 22.4. The van der Waals surface area contributed by atoms with Gasteiger partial charge in [0.1, 0.15) is 42.8 Å². The van der Waals surface area contributed by atoms with Gasteiger partial charge < -0.3 is 78.5 Å². The van der Waals surface area contributed by atoms with Crippen LogP contribution in [0.2, 0.25) is 0 Å². The van der Waals surface area contributed by atoms with E-state index in [1.165, 1.54) is 21.1 Å². The SMILES string of the molecule is CC[C@H]1OC(=O)[C@H](C)[C@@H](O[C@H]2C[C@@](C)(OC)[C@@H](O)[C@H](C)O2)[C@H](C)[C@@H](O[C@@H]2O[C@H](C)C[C@H](N(C)CCC(=O)N[C@H](CF)[C@H](OC)c3ccc(CN4CCOCC4)cc3)[C@H]2O)[C@](C)(O)CCCN(C)[C@H](C)[C@@H](O)[C@]1(C)O. The molecule has 4 aliphatic rings. The first-order valence-corrected chi connectivity index (χ1v) is 26.9. The quantitative estimate of drug-likeness (QED) is 0.123. The molecule has 4 fully saturated rings. The minimum absolute atomic E-state index is 0.0211. The number of benzene rings is 1. The zero-order valence-corrected chi connectivity index (χ0v) is 46.5. The van der Waals surface area contributed by atoms with E-state index in [0.717, 1.165) is 30.8 Å². The number of halogens is 1. The summed E-state index contributed by atoms with van der Waals surface area (Å²) in [4.78, 5) is 34.0. The molecule has 4 saturated heterocycles. The maximum atomic E-state index is 14.7. The molecular weight excluding hydrogens is 964 g/mol. The fraction of sp³-hybridized carbons (Fsp3) is 0.852. The summed E-state index contributed by atoms with van der Waals surface area (Å²) in [7, 11) is 6.56. The summed E-state index contributed by atoms with van der Waals surface area (Å²) in [5, 5.41) is 62.2. The van der Waals surface area contributed by atoms with E-state index in [1.807, 2.05) is 41.0 Å². The second-order valence-corrected chi connectivity index (χ2v) is 22.4. The lowest BCUT2D eigenvalue weighted by Gasteiger charge is -2.48. The summed E-state index contributed by atoms with van der Waals surface area (Å²) in [6.07, 6.45) is -10.1. The minimum Gasteiger partial charge on any atom is -0.459 e. The molecule has 1 aromatic carbocycles. The molecule has 1 amide bonds. The highest BCUT2D eigenvalue weighted by atomic mass is 19.1. The Morgan fingerprint density at radius 2 is 1.64 bits per heavy atom. The minimum atomic E-state index is -1.85. The van der Waals surface area contributed by atoms with Gasteiger partial charge in [0.2, 0.25) is 5.91 Å². The van der Waals surface area contributed by atoms with Gasteiger partial charge in [-0.1, -0.05) is 38.1 Å². The van der Waals surface area contributed by atoms with Crippen LogP contribution in [0.25, 0.3) is 0 Å². The highest BCUT2D eigenvalue weighted by Gasteiger charge is 2.52. The van der Waals surface area contributed by atoms with Crippen molar-refractivity contribution in [2.24, 2.45) is 11.8 Å². The number of carbonyl (C=O) groups is 2. The molecule has 426 valence electrons. The standard InChI is InChI=1S/C54H93FN4O15/c1-14-41-54(9,66)47(62)35(5)57(10)22-15-21-52(7,65)49(33(3)45(34(4)50(64)72-41)73-43-29-53(8,68-13)48(63)36(6)71-43)74-51-44(61)40(28-32(2)70-51)58(11)23-20-42(60)56-39(30-55)46(67-12)38-18-16-37(17-19-38)31-59-24-26-69-27-25-59/h16-19,32-36,39-41,43-49,51,61-63,65-66H,14-15,20-31H2,1-13H3,(H,56,60)/t32-,33+,34-,35-,36+,39-,40+,41-,43+,44-,45+,46-,47-,48+,49-,51+,52-,53-,54-/m1/s1. The van der Waals surface area contributed by atoms with Gasteiger partial charge in [0.05, 0.1) is 60.8 Å². The number of nitrogens with one attached hydrogen (secondary N) is 1. The van der Waals surface area contributed by atoms with Gasteiger partial charge in [0.25, 0.3) is 0 Å². The number of carbonyl (C=O) groups excluding carboxylic acids is 2. The monoisotopic (exact) mass is 1060 g/mol. The van der Waals surface area contributed by atoms with Crippen molar-refractivity contribution >= 4 is 11.9 Å². The number of amides is 1. The predicted molar refractivity (Wildman–Crippen MR) is 273 cm³/mol. The third-order valence-electron chi connectivity index (χ3n) is 16.6. The average molecular weight is 1060 g/mol. The molecule has 4 heterocycles. The second kappa shape index (κ2) is 27.4. The zero-order chi connectivity index (χ0) is 54.9. The molecule has 0 radical (unpaired) electrons. The van der Waals surface area contributed by atoms with Gasteiger partial charge in [0.15, 0.2) is 12.6 Å². The Hall–Kier alpha value is -2.51. The number of likely N-dealkylation sites (N-methyl/N-ethyl adjacent to an activating group) is 2. The molecule has 0 aromatic heterocycles. The van der Waals surface area contributed by atoms with E-state index in [2.05, 4.69) is 10.2 Å². The van der Waals surface area contributed by atoms with Crippen molar-refractivity contribution in [2.45, 2.75) is 210 Å². The van der Waals surface area contributed by atoms with Crippen molar-refractivity contribution in [1.29, 1.82) is 0 Å². The van der Waals surface area contributed by atoms with Gasteiger partial charge in [-0.3, -0.25) is 14.5 Å². The lowest BCUT2D eigenvalue weighted by atomic mass is 9.79. The molecule has 1 aromatic rings. The highest BCUT2D eigenvalue weighted by molar-refractivity contribution is 5.76. The molecule has 0 spiro atoms. The Balaban J connectivity index is 1.37. The largest absolute Gasteiger partial charge is 0.459 e. The molecule has 0 aliphatic carbocycles. The summed E-state index contributed by atoms with van der Waals surface area (Å²) >= 11 is 0. The first-order chi connectivity index (χ1) is 34.8. The molecule has 19 atom stereocenters. The third-order valence-corrected chi connectivity index (χ3v) is 16.6. The topological polar surface area (TPSA) is 231 Å². The lowest BCUT2D eigenvalue weighted by molar-refractivity contribution is -0.317. The fourth-order valence-electron chi connectivity index (χ4n) is 11.4. The molecule has 0 unspecified atom stereocenters. The number of methoxy groups -OCH3 is 2. The number of morpholine rings is 1. The Morgan fingerprint density at radius 1 is 0.973 bits per heavy atom. The molecule has 5 rings (SSSR count). The summed E-state index contributed by atoms with van der Waals surface area (Å²) < 4.78 is 63.9. The van der Waals surface area contributed by atoms with Crippen LogP contribution in [0.5, 0.6) is 0 Å². The van der Waals surface area contributed by atoms with E-state index in [9.17, 15) is 39.5 Å². The number of cyclic esters (lactones) is 1. The van der Waals surface area contributed by atoms with E-state index < -0.39 is 133 Å². The number of aliphatic hydroxyl groups excluding tert-OH is 3. The van der Waals surface area contributed by atoms with Crippen molar-refractivity contribution in [2.75, 3.05) is 74.4 Å². The summed E-state index contributed by atoms with van der Waals surface area (Å²) in [6.45, 7) is 18.9. The van der Waals surface area contributed by atoms with Crippen LogP contribution >= 0.6 is 0 Å². The van der Waals surface area contributed by atoms with E-state index >= 15 is 0 Å². The van der Waals surface area contributed by atoms with Gasteiger partial charge in [0, 0.05) is 71.2 Å². The summed E-state index contributed by atoms with van der Waals surface area (Å²) in [5.41, 5.74) is -2.76. The number of aliphatic hydroxyl groups is 5. The van der Waals surface area contributed by atoms with Crippen molar-refractivity contribution < 1.29 is 77.4 Å². The number of esters is 1. The van der Waals surface area contributed by atoms with Crippen molar-refractivity contribution in [3.63, 3.8) is 0 Å². The van der Waals surface area contributed by atoms with Gasteiger partial charge in [-0.2, -0.15) is 0 Å². The smallest absolute Gasteiger partial charge is 0.311 e. The lowest BCUT2D eigenvalue weighted by Crippen LogP contribution is -2.60. The molecule has 74 heavy (non-hydrogen) atoms. The number of alkyl halides is 1. The Labute approximate surface area is 439 Å². The molecule has 6 N–H and O–H groups in total. The van der Waals surface area contributed by atoms with Crippen LogP contribution in [0.3, 0.4) is 0 Å². The maximum absolute atomic E-state index is 14.7. The molecule has 20 heteroatoms. The highest BCUT2D eigenvalue weighted by Crippen LogP contribution is 2.40. The fourth-order valence-corrected chi connectivity index (χ4v) is 11.4. The van der Waals surface area contributed by atoms with Crippen LogP contribution in [-0.4, -0.2) is 223 Å². The molecular formula is C54H93FN4O15. The zero-order valence-electron chi connectivity index (χ0n) is 46.5. The van der Waals surface area contributed by atoms with Crippen molar-refractivity contribution in [3.05, 3.63) is 35.4 Å². The van der Waals surface area contributed by atoms with E-state index in [1.54, 1.807) is 62.6 Å².